The zero-order chi connectivity index (χ0) is 19.2. The van der Waals surface area contributed by atoms with Crippen molar-refractivity contribution in [2.24, 2.45) is 0 Å². The number of rotatable bonds is 6. The van der Waals surface area contributed by atoms with Gasteiger partial charge in [0.25, 0.3) is 0 Å². The first-order valence-corrected chi connectivity index (χ1v) is 9.87. The van der Waals surface area contributed by atoms with Crippen molar-refractivity contribution in [2.75, 3.05) is 39.4 Å². The highest BCUT2D eigenvalue weighted by Crippen LogP contribution is 2.22. The average molecular weight is 382 g/mol. The van der Waals surface area contributed by atoms with Crippen LogP contribution in [0.2, 0.25) is 0 Å². The third-order valence-corrected chi connectivity index (χ3v) is 5.32. The normalized spacial score (nSPS) is 18.1. The number of carbonyl (C=O) groups is 1. The van der Waals surface area contributed by atoms with Crippen molar-refractivity contribution in [3.05, 3.63) is 47.8 Å². The fourth-order valence-electron chi connectivity index (χ4n) is 3.64. The van der Waals surface area contributed by atoms with Crippen LogP contribution in [0.3, 0.4) is 0 Å². The second-order valence-corrected chi connectivity index (χ2v) is 7.14. The van der Waals surface area contributed by atoms with E-state index in [2.05, 4.69) is 38.6 Å². The molecular weight excluding hydrogens is 356 g/mol. The molecule has 1 fully saturated rings. The molecule has 1 aromatic carbocycles. The standard InChI is InChI=1S/C20H26N6O2/c27-20(25-9-6-18(7-10-25)17-4-2-1-3-5-17)8-11-26-19(21-22-23-26)16-24-12-14-28-15-13-24/h1-6H,7-16H2. The summed E-state index contributed by atoms with van der Waals surface area (Å²) < 4.78 is 7.13. The van der Waals surface area contributed by atoms with Crippen molar-refractivity contribution in [3.8, 4) is 0 Å². The SMILES string of the molecule is O=C(CCn1nnnc1CN1CCOCC1)N1CC=C(c2ccccc2)CC1. The summed E-state index contributed by atoms with van der Waals surface area (Å²) in [6.07, 6.45) is 3.47. The summed E-state index contributed by atoms with van der Waals surface area (Å²) in [6, 6.07) is 10.4. The molecule has 2 aliphatic rings. The molecule has 0 spiro atoms. The van der Waals surface area contributed by atoms with Gasteiger partial charge in [-0.25, -0.2) is 4.68 Å². The Morgan fingerprint density at radius 2 is 1.93 bits per heavy atom. The monoisotopic (exact) mass is 382 g/mol. The van der Waals surface area contributed by atoms with E-state index < -0.39 is 0 Å². The van der Waals surface area contributed by atoms with Crippen molar-refractivity contribution in [1.82, 2.24) is 30.0 Å². The van der Waals surface area contributed by atoms with E-state index in [1.807, 2.05) is 23.1 Å². The number of hydrogen-bond donors (Lipinski definition) is 0. The fourth-order valence-corrected chi connectivity index (χ4v) is 3.64. The summed E-state index contributed by atoms with van der Waals surface area (Å²) >= 11 is 0. The third kappa shape index (κ3) is 4.63. The van der Waals surface area contributed by atoms with E-state index in [1.54, 1.807) is 4.68 Å². The number of aryl methyl sites for hydroxylation is 1. The second kappa shape index (κ2) is 9.07. The van der Waals surface area contributed by atoms with E-state index in [-0.39, 0.29) is 5.91 Å². The molecule has 2 aliphatic heterocycles. The molecule has 2 aromatic rings. The van der Waals surface area contributed by atoms with Crippen molar-refractivity contribution in [2.45, 2.75) is 25.9 Å². The van der Waals surface area contributed by atoms with Crippen LogP contribution in [0.5, 0.6) is 0 Å². The zero-order valence-corrected chi connectivity index (χ0v) is 16.0. The van der Waals surface area contributed by atoms with Gasteiger partial charge in [0.2, 0.25) is 5.91 Å². The molecule has 0 saturated carbocycles. The van der Waals surface area contributed by atoms with Gasteiger partial charge in [0.15, 0.2) is 5.82 Å². The Bertz CT molecular complexity index is 813. The lowest BCUT2D eigenvalue weighted by molar-refractivity contribution is -0.131. The largest absolute Gasteiger partial charge is 0.379 e. The summed E-state index contributed by atoms with van der Waals surface area (Å²) in [5.74, 6) is 0.954. The van der Waals surface area contributed by atoms with Gasteiger partial charge >= 0.3 is 0 Å². The van der Waals surface area contributed by atoms with Crippen molar-refractivity contribution in [3.63, 3.8) is 0 Å². The van der Waals surface area contributed by atoms with Crippen molar-refractivity contribution < 1.29 is 9.53 Å². The fraction of sp³-hybridized carbons (Fsp3) is 0.500. The third-order valence-electron chi connectivity index (χ3n) is 5.32. The lowest BCUT2D eigenvalue weighted by Gasteiger charge is -2.27. The Morgan fingerprint density at radius 3 is 2.68 bits per heavy atom. The topological polar surface area (TPSA) is 76.4 Å². The maximum atomic E-state index is 12.6. The predicted octanol–water partition coefficient (Wildman–Crippen LogP) is 1.21. The van der Waals surface area contributed by atoms with E-state index in [4.69, 9.17) is 4.74 Å². The summed E-state index contributed by atoms with van der Waals surface area (Å²) in [7, 11) is 0. The van der Waals surface area contributed by atoms with E-state index in [0.717, 1.165) is 45.1 Å². The van der Waals surface area contributed by atoms with E-state index in [1.165, 1.54) is 11.1 Å². The minimum Gasteiger partial charge on any atom is -0.379 e. The number of morpholine rings is 1. The first-order chi connectivity index (χ1) is 13.8. The molecule has 0 radical (unpaired) electrons. The number of carbonyl (C=O) groups excluding carboxylic acids is 1. The van der Waals surface area contributed by atoms with E-state index >= 15 is 0 Å². The van der Waals surface area contributed by atoms with Crippen LogP contribution in [0.4, 0.5) is 0 Å². The van der Waals surface area contributed by atoms with E-state index in [9.17, 15) is 4.79 Å². The van der Waals surface area contributed by atoms with Gasteiger partial charge in [-0.2, -0.15) is 0 Å². The number of aromatic nitrogens is 4. The van der Waals surface area contributed by atoms with Crippen molar-refractivity contribution >= 4 is 11.5 Å². The molecule has 4 rings (SSSR count). The van der Waals surface area contributed by atoms with Crippen LogP contribution < -0.4 is 0 Å². The molecule has 8 nitrogen and oxygen atoms in total. The molecule has 0 aliphatic carbocycles. The number of benzene rings is 1. The molecule has 1 aromatic heterocycles. The highest BCUT2D eigenvalue weighted by Gasteiger charge is 2.19. The number of ether oxygens (including phenoxy) is 1. The first-order valence-electron chi connectivity index (χ1n) is 9.87. The molecule has 1 amide bonds. The molecule has 28 heavy (non-hydrogen) atoms. The van der Waals surface area contributed by atoms with Crippen molar-refractivity contribution in [1.29, 1.82) is 0 Å². The Balaban J connectivity index is 1.28. The van der Waals surface area contributed by atoms with Crippen LogP contribution in [0.25, 0.3) is 5.57 Å². The Morgan fingerprint density at radius 1 is 1.11 bits per heavy atom. The van der Waals surface area contributed by atoms with Crippen LogP contribution >= 0.6 is 0 Å². The maximum absolute atomic E-state index is 12.6. The summed E-state index contributed by atoms with van der Waals surface area (Å²) in [5, 5.41) is 12.0. The number of hydrogen-bond acceptors (Lipinski definition) is 6. The smallest absolute Gasteiger partial charge is 0.224 e. The van der Waals surface area contributed by atoms with E-state index in [0.29, 0.717) is 26.1 Å². The molecule has 8 heteroatoms. The Kier molecular flexibility index (Phi) is 6.08. The van der Waals surface area contributed by atoms with Crippen LogP contribution in [0.1, 0.15) is 24.2 Å². The lowest BCUT2D eigenvalue weighted by atomic mass is 9.99. The molecular formula is C20H26N6O2. The lowest BCUT2D eigenvalue weighted by Crippen LogP contribution is -2.37. The van der Waals surface area contributed by atoms with Gasteiger partial charge in [-0.1, -0.05) is 36.4 Å². The number of tetrazole rings is 1. The zero-order valence-electron chi connectivity index (χ0n) is 16.0. The van der Waals surface area contributed by atoms with Crippen LogP contribution in [-0.2, 0) is 22.6 Å². The van der Waals surface area contributed by atoms with Gasteiger partial charge < -0.3 is 9.64 Å². The van der Waals surface area contributed by atoms with Gasteiger partial charge in [-0.05, 0) is 28.0 Å². The molecule has 1 saturated heterocycles. The molecule has 0 bridgehead atoms. The minimum absolute atomic E-state index is 0.149. The van der Waals surface area contributed by atoms with Gasteiger partial charge in [-0.15, -0.1) is 5.10 Å². The van der Waals surface area contributed by atoms with Gasteiger partial charge in [0, 0.05) is 32.6 Å². The van der Waals surface area contributed by atoms with Crippen LogP contribution in [-0.4, -0.2) is 75.3 Å². The highest BCUT2D eigenvalue weighted by molar-refractivity contribution is 5.78. The second-order valence-electron chi connectivity index (χ2n) is 7.14. The highest BCUT2D eigenvalue weighted by atomic mass is 16.5. The first kappa shape index (κ1) is 18.8. The molecule has 148 valence electrons. The number of amides is 1. The Hall–Kier alpha value is -2.58. The quantitative estimate of drug-likeness (QED) is 0.748. The molecule has 0 unspecified atom stereocenters. The predicted molar refractivity (Wildman–Crippen MR) is 104 cm³/mol. The summed E-state index contributed by atoms with van der Waals surface area (Å²) in [6.45, 7) is 5.89. The minimum atomic E-state index is 0.149. The maximum Gasteiger partial charge on any atom is 0.224 e. The molecule has 0 N–H and O–H groups in total. The Labute approximate surface area is 164 Å². The molecule has 3 heterocycles. The number of nitrogens with zero attached hydrogens (tertiary/aromatic N) is 6. The van der Waals surface area contributed by atoms with Gasteiger partial charge in [-0.3, -0.25) is 9.69 Å². The summed E-state index contributed by atoms with van der Waals surface area (Å²) in [4.78, 5) is 16.8. The summed E-state index contributed by atoms with van der Waals surface area (Å²) in [5.41, 5.74) is 2.56. The van der Waals surface area contributed by atoms with Crippen LogP contribution in [0.15, 0.2) is 36.4 Å². The molecule has 0 atom stereocenters. The van der Waals surface area contributed by atoms with Crippen LogP contribution in [0, 0.1) is 0 Å². The van der Waals surface area contributed by atoms with Gasteiger partial charge in [0.05, 0.1) is 26.3 Å². The van der Waals surface area contributed by atoms with Gasteiger partial charge in [0.1, 0.15) is 0 Å². The average Bonchev–Trinajstić information content (AvgIpc) is 3.20.